The molecular formula is C21H24N2O5. The van der Waals surface area contributed by atoms with E-state index in [2.05, 4.69) is 5.32 Å². The van der Waals surface area contributed by atoms with Crippen LogP contribution in [0.25, 0.3) is 0 Å². The number of benzene rings is 2. The Bertz CT molecular complexity index is 850. The molecule has 0 aromatic heterocycles. The Balaban J connectivity index is 1.60. The first kappa shape index (κ1) is 19.5. The molecule has 0 aliphatic carbocycles. The standard InChI is InChI=1S/C21H24N2O5/c1-26-17-7-5-16(6-8-17)23-13-15(11-20(23)24)21(25)22-12-14-4-9-18(27-2)19(10-14)28-3/h4-10,15H,11-13H2,1-3H3,(H,22,25)/t15-/m1/s1. The van der Waals surface area contributed by atoms with Crippen LogP contribution < -0.4 is 24.4 Å². The highest BCUT2D eigenvalue weighted by atomic mass is 16.5. The van der Waals surface area contributed by atoms with E-state index in [1.54, 1.807) is 44.4 Å². The van der Waals surface area contributed by atoms with Gasteiger partial charge in [0.25, 0.3) is 0 Å². The van der Waals surface area contributed by atoms with Gasteiger partial charge in [0.05, 0.1) is 27.2 Å². The van der Waals surface area contributed by atoms with Crippen molar-refractivity contribution >= 4 is 17.5 Å². The lowest BCUT2D eigenvalue weighted by Gasteiger charge is -2.17. The maximum atomic E-state index is 12.6. The Morgan fingerprint density at radius 2 is 1.75 bits per heavy atom. The van der Waals surface area contributed by atoms with Crippen LogP contribution in [-0.2, 0) is 16.1 Å². The summed E-state index contributed by atoms with van der Waals surface area (Å²) < 4.78 is 15.6. The van der Waals surface area contributed by atoms with Gasteiger partial charge < -0.3 is 24.4 Å². The SMILES string of the molecule is COc1ccc(N2C[C@H](C(=O)NCc3ccc(OC)c(OC)c3)CC2=O)cc1. The number of carbonyl (C=O) groups excluding carboxylic acids is 2. The van der Waals surface area contributed by atoms with Crippen LogP contribution in [0.1, 0.15) is 12.0 Å². The van der Waals surface area contributed by atoms with Crippen LogP contribution in [0.2, 0.25) is 0 Å². The number of hydrogen-bond donors (Lipinski definition) is 1. The molecule has 148 valence electrons. The summed E-state index contributed by atoms with van der Waals surface area (Å²) in [5.41, 5.74) is 1.66. The summed E-state index contributed by atoms with van der Waals surface area (Å²) in [5.74, 6) is 1.38. The third-order valence-corrected chi connectivity index (χ3v) is 4.79. The Kier molecular flexibility index (Phi) is 6.03. The van der Waals surface area contributed by atoms with E-state index in [0.29, 0.717) is 24.6 Å². The van der Waals surface area contributed by atoms with Crippen molar-refractivity contribution < 1.29 is 23.8 Å². The van der Waals surface area contributed by atoms with Crippen molar-refractivity contribution in [3.8, 4) is 17.2 Å². The van der Waals surface area contributed by atoms with Crippen LogP contribution in [-0.4, -0.2) is 39.7 Å². The Labute approximate surface area is 164 Å². The van der Waals surface area contributed by atoms with Crippen molar-refractivity contribution in [3.05, 3.63) is 48.0 Å². The zero-order chi connectivity index (χ0) is 20.1. The third kappa shape index (κ3) is 4.19. The summed E-state index contributed by atoms with van der Waals surface area (Å²) in [5, 5.41) is 2.91. The predicted octanol–water partition coefficient (Wildman–Crippen LogP) is 2.38. The number of nitrogens with zero attached hydrogens (tertiary/aromatic N) is 1. The lowest BCUT2D eigenvalue weighted by Crippen LogP contribution is -2.32. The van der Waals surface area contributed by atoms with Gasteiger partial charge in [-0.25, -0.2) is 0 Å². The van der Waals surface area contributed by atoms with E-state index in [0.717, 1.165) is 17.0 Å². The lowest BCUT2D eigenvalue weighted by atomic mass is 10.1. The number of ether oxygens (including phenoxy) is 3. The van der Waals surface area contributed by atoms with Crippen LogP contribution in [0.3, 0.4) is 0 Å². The van der Waals surface area contributed by atoms with Gasteiger partial charge in [0.15, 0.2) is 11.5 Å². The molecule has 0 spiro atoms. The van der Waals surface area contributed by atoms with Crippen molar-refractivity contribution in [3.63, 3.8) is 0 Å². The van der Waals surface area contributed by atoms with Crippen molar-refractivity contribution in [1.82, 2.24) is 5.32 Å². The molecular weight excluding hydrogens is 360 g/mol. The van der Waals surface area contributed by atoms with Crippen molar-refractivity contribution in [2.75, 3.05) is 32.8 Å². The molecule has 1 aliphatic heterocycles. The van der Waals surface area contributed by atoms with Crippen molar-refractivity contribution in [1.29, 1.82) is 0 Å². The summed E-state index contributed by atoms with van der Waals surface area (Å²) in [6.45, 7) is 0.718. The van der Waals surface area contributed by atoms with Gasteiger partial charge in [0.2, 0.25) is 11.8 Å². The highest BCUT2D eigenvalue weighted by Crippen LogP contribution is 2.28. The van der Waals surface area contributed by atoms with E-state index in [1.165, 1.54) is 0 Å². The van der Waals surface area contributed by atoms with Gasteiger partial charge in [-0.2, -0.15) is 0 Å². The molecule has 2 aromatic rings. The zero-order valence-electron chi connectivity index (χ0n) is 16.2. The van der Waals surface area contributed by atoms with Gasteiger partial charge >= 0.3 is 0 Å². The topological polar surface area (TPSA) is 77.1 Å². The first-order chi connectivity index (χ1) is 13.5. The second-order valence-corrected chi connectivity index (χ2v) is 6.51. The summed E-state index contributed by atoms with van der Waals surface area (Å²) in [4.78, 5) is 26.5. The largest absolute Gasteiger partial charge is 0.497 e. The summed E-state index contributed by atoms with van der Waals surface area (Å²) in [6.07, 6.45) is 0.198. The van der Waals surface area contributed by atoms with E-state index >= 15 is 0 Å². The first-order valence-corrected chi connectivity index (χ1v) is 8.98. The maximum Gasteiger partial charge on any atom is 0.227 e. The molecule has 1 aliphatic rings. The third-order valence-electron chi connectivity index (χ3n) is 4.79. The summed E-state index contributed by atoms with van der Waals surface area (Å²) >= 11 is 0. The fourth-order valence-electron chi connectivity index (χ4n) is 3.22. The fraction of sp³-hybridized carbons (Fsp3) is 0.333. The molecule has 0 saturated carbocycles. The van der Waals surface area contributed by atoms with Crippen LogP contribution in [0.5, 0.6) is 17.2 Å². The minimum atomic E-state index is -0.380. The predicted molar refractivity (Wildman–Crippen MR) is 105 cm³/mol. The molecule has 0 unspecified atom stereocenters. The molecule has 1 fully saturated rings. The van der Waals surface area contributed by atoms with E-state index in [9.17, 15) is 9.59 Å². The second kappa shape index (κ2) is 8.65. The zero-order valence-corrected chi connectivity index (χ0v) is 16.2. The molecule has 0 bridgehead atoms. The van der Waals surface area contributed by atoms with Crippen molar-refractivity contribution in [2.24, 2.45) is 5.92 Å². The molecule has 3 rings (SSSR count). The van der Waals surface area contributed by atoms with Crippen LogP contribution >= 0.6 is 0 Å². The van der Waals surface area contributed by atoms with Gasteiger partial charge in [-0.05, 0) is 42.0 Å². The number of amides is 2. The summed E-state index contributed by atoms with van der Waals surface area (Å²) in [7, 11) is 4.73. The van der Waals surface area contributed by atoms with Gasteiger partial charge in [0.1, 0.15) is 5.75 Å². The Morgan fingerprint density at radius 1 is 1.04 bits per heavy atom. The average molecular weight is 384 g/mol. The van der Waals surface area contributed by atoms with Gasteiger partial charge in [-0.15, -0.1) is 0 Å². The smallest absolute Gasteiger partial charge is 0.227 e. The van der Waals surface area contributed by atoms with E-state index < -0.39 is 0 Å². The highest BCUT2D eigenvalue weighted by molar-refractivity contribution is 6.00. The Morgan fingerprint density at radius 3 is 2.39 bits per heavy atom. The van der Waals surface area contributed by atoms with Crippen LogP contribution in [0.15, 0.2) is 42.5 Å². The fourth-order valence-corrected chi connectivity index (χ4v) is 3.22. The maximum absolute atomic E-state index is 12.6. The van der Waals surface area contributed by atoms with Gasteiger partial charge in [-0.1, -0.05) is 6.07 Å². The normalized spacial score (nSPS) is 16.0. The molecule has 1 atom stereocenters. The summed E-state index contributed by atoms with van der Waals surface area (Å²) in [6, 6.07) is 12.7. The lowest BCUT2D eigenvalue weighted by molar-refractivity contribution is -0.126. The monoisotopic (exact) mass is 384 g/mol. The van der Waals surface area contributed by atoms with E-state index in [1.807, 2.05) is 24.3 Å². The molecule has 28 heavy (non-hydrogen) atoms. The number of methoxy groups -OCH3 is 3. The quantitative estimate of drug-likeness (QED) is 0.793. The number of nitrogens with one attached hydrogen (secondary N) is 1. The number of anilines is 1. The van der Waals surface area contributed by atoms with Gasteiger partial charge in [0, 0.05) is 25.2 Å². The van der Waals surface area contributed by atoms with Crippen LogP contribution in [0, 0.1) is 5.92 Å². The van der Waals surface area contributed by atoms with Gasteiger partial charge in [-0.3, -0.25) is 9.59 Å². The minimum Gasteiger partial charge on any atom is -0.497 e. The average Bonchev–Trinajstić information content (AvgIpc) is 3.13. The molecule has 0 radical (unpaired) electrons. The molecule has 7 heteroatoms. The number of rotatable bonds is 7. The Hall–Kier alpha value is -3.22. The molecule has 1 heterocycles. The molecule has 1 N–H and O–H groups in total. The van der Waals surface area contributed by atoms with E-state index in [-0.39, 0.29) is 24.2 Å². The molecule has 7 nitrogen and oxygen atoms in total. The highest BCUT2D eigenvalue weighted by Gasteiger charge is 2.35. The van der Waals surface area contributed by atoms with Crippen molar-refractivity contribution in [2.45, 2.75) is 13.0 Å². The molecule has 2 amide bonds. The molecule has 2 aromatic carbocycles. The van der Waals surface area contributed by atoms with E-state index in [4.69, 9.17) is 14.2 Å². The first-order valence-electron chi connectivity index (χ1n) is 8.98. The minimum absolute atomic E-state index is 0.0589. The number of hydrogen-bond acceptors (Lipinski definition) is 5. The second-order valence-electron chi connectivity index (χ2n) is 6.51. The number of carbonyl (C=O) groups is 2. The molecule has 1 saturated heterocycles. The van der Waals surface area contributed by atoms with Crippen LogP contribution in [0.4, 0.5) is 5.69 Å².